The molecule has 2 rings (SSSR count). The summed E-state index contributed by atoms with van der Waals surface area (Å²) < 4.78 is 0. The Morgan fingerprint density at radius 3 is 2.48 bits per heavy atom. The summed E-state index contributed by atoms with van der Waals surface area (Å²) in [6.45, 7) is 6.40. The van der Waals surface area contributed by atoms with Crippen molar-refractivity contribution >= 4 is 11.8 Å². The molecule has 1 aliphatic rings. The summed E-state index contributed by atoms with van der Waals surface area (Å²) in [5.41, 5.74) is 2.54. The predicted octanol–water partition coefficient (Wildman–Crippen LogP) is 3.64. The van der Waals surface area contributed by atoms with E-state index in [1.54, 1.807) is 13.8 Å². The van der Waals surface area contributed by atoms with Gasteiger partial charge in [0.15, 0.2) is 0 Å². The molecule has 0 unspecified atom stereocenters. The molecule has 2 N–H and O–H groups in total. The zero-order chi connectivity index (χ0) is 18.3. The number of rotatable bonds is 7. The zero-order valence-electron chi connectivity index (χ0n) is 15.7. The van der Waals surface area contributed by atoms with Crippen molar-refractivity contribution < 1.29 is 9.59 Å². The molecule has 0 fully saturated rings. The molecule has 0 saturated carbocycles. The zero-order valence-corrected chi connectivity index (χ0v) is 15.7. The Hall–Kier alpha value is -2.10. The highest BCUT2D eigenvalue weighted by Crippen LogP contribution is 2.20. The lowest BCUT2D eigenvalue weighted by atomic mass is 9.90. The third-order valence-corrected chi connectivity index (χ3v) is 4.95. The first-order chi connectivity index (χ1) is 11.9. The van der Waals surface area contributed by atoms with Gasteiger partial charge in [-0.15, -0.1) is 0 Å². The van der Waals surface area contributed by atoms with Crippen molar-refractivity contribution in [2.75, 3.05) is 6.54 Å². The number of hydrogen-bond acceptors (Lipinski definition) is 2. The van der Waals surface area contributed by atoms with Gasteiger partial charge in [0, 0.05) is 13.1 Å². The van der Waals surface area contributed by atoms with Crippen LogP contribution in [-0.2, 0) is 16.1 Å². The van der Waals surface area contributed by atoms with Crippen LogP contribution in [0.5, 0.6) is 0 Å². The van der Waals surface area contributed by atoms with Crippen LogP contribution >= 0.6 is 0 Å². The third kappa shape index (κ3) is 5.45. The van der Waals surface area contributed by atoms with E-state index in [9.17, 15) is 9.59 Å². The van der Waals surface area contributed by atoms with E-state index < -0.39 is 5.41 Å². The highest BCUT2D eigenvalue weighted by molar-refractivity contribution is 6.04. The van der Waals surface area contributed by atoms with Gasteiger partial charge in [0.05, 0.1) is 0 Å². The first-order valence-electron chi connectivity index (χ1n) is 9.20. The highest BCUT2D eigenvalue weighted by Gasteiger charge is 2.35. The molecule has 0 saturated heterocycles. The fourth-order valence-corrected chi connectivity index (χ4v) is 3.00. The van der Waals surface area contributed by atoms with E-state index in [1.807, 2.05) is 31.2 Å². The number of nitrogens with one attached hydrogen (secondary N) is 2. The fraction of sp³-hybridized carbons (Fsp3) is 0.524. The molecule has 0 aromatic heterocycles. The second kappa shape index (κ2) is 8.84. The summed E-state index contributed by atoms with van der Waals surface area (Å²) in [6, 6.07) is 7.92. The quantitative estimate of drug-likeness (QED) is 0.587. The van der Waals surface area contributed by atoms with Crippen LogP contribution in [0.1, 0.15) is 57.1 Å². The van der Waals surface area contributed by atoms with Gasteiger partial charge in [0.1, 0.15) is 5.41 Å². The van der Waals surface area contributed by atoms with E-state index >= 15 is 0 Å². The Bertz CT molecular complexity index is 647. The molecule has 0 bridgehead atoms. The van der Waals surface area contributed by atoms with Crippen molar-refractivity contribution in [3.8, 4) is 0 Å². The normalized spacial score (nSPS) is 14.6. The van der Waals surface area contributed by atoms with Crippen LogP contribution in [0.4, 0.5) is 0 Å². The van der Waals surface area contributed by atoms with Crippen molar-refractivity contribution in [3.05, 3.63) is 47.0 Å². The summed E-state index contributed by atoms with van der Waals surface area (Å²) in [6.07, 6.45) is 7.96. The van der Waals surface area contributed by atoms with E-state index in [4.69, 9.17) is 0 Å². The second-order valence-electron chi connectivity index (χ2n) is 7.35. The predicted molar refractivity (Wildman–Crippen MR) is 101 cm³/mol. The molecule has 2 amide bonds. The Morgan fingerprint density at radius 2 is 1.80 bits per heavy atom. The first-order valence-corrected chi connectivity index (χ1v) is 9.20. The van der Waals surface area contributed by atoms with Crippen LogP contribution in [-0.4, -0.2) is 18.4 Å². The van der Waals surface area contributed by atoms with Gasteiger partial charge in [0.25, 0.3) is 0 Å². The molecule has 1 aromatic rings. The van der Waals surface area contributed by atoms with Gasteiger partial charge in [-0.05, 0) is 64.0 Å². The topological polar surface area (TPSA) is 58.2 Å². The lowest BCUT2D eigenvalue weighted by Gasteiger charge is -2.23. The van der Waals surface area contributed by atoms with Crippen LogP contribution in [0.25, 0.3) is 0 Å². The number of carbonyl (C=O) groups is 2. The maximum atomic E-state index is 12.5. The Balaban J connectivity index is 1.81. The second-order valence-corrected chi connectivity index (χ2v) is 7.35. The van der Waals surface area contributed by atoms with Crippen molar-refractivity contribution in [1.82, 2.24) is 10.6 Å². The minimum atomic E-state index is -1.08. The SMILES string of the molecule is Cc1ccccc1CNC(=O)C(C)(C)C(=O)NCCC1=CCCCC1. The fourth-order valence-electron chi connectivity index (χ4n) is 3.00. The molecular weight excluding hydrogens is 312 g/mol. The molecule has 0 aliphatic heterocycles. The first kappa shape index (κ1) is 19.2. The number of amides is 2. The molecule has 0 radical (unpaired) electrons. The summed E-state index contributed by atoms with van der Waals surface area (Å²) in [4.78, 5) is 24.9. The van der Waals surface area contributed by atoms with Crippen molar-refractivity contribution in [1.29, 1.82) is 0 Å². The average molecular weight is 342 g/mol. The molecule has 4 heteroatoms. The number of aryl methyl sites for hydroxylation is 1. The standard InChI is InChI=1S/C21H30N2O2/c1-16-9-7-8-12-18(16)15-23-20(25)21(2,3)19(24)22-14-13-17-10-5-4-6-11-17/h7-10,12H,4-6,11,13-15H2,1-3H3,(H,22,24)(H,23,25). The monoisotopic (exact) mass is 342 g/mol. The van der Waals surface area contributed by atoms with E-state index in [0.29, 0.717) is 13.1 Å². The maximum absolute atomic E-state index is 12.5. The summed E-state index contributed by atoms with van der Waals surface area (Å²) in [5, 5.41) is 5.81. The van der Waals surface area contributed by atoms with Crippen LogP contribution in [0.15, 0.2) is 35.9 Å². The van der Waals surface area contributed by atoms with Crippen LogP contribution < -0.4 is 10.6 Å². The van der Waals surface area contributed by atoms with E-state index in [0.717, 1.165) is 30.4 Å². The molecule has 0 atom stereocenters. The van der Waals surface area contributed by atoms with Crippen LogP contribution in [0, 0.1) is 12.3 Å². The largest absolute Gasteiger partial charge is 0.355 e. The molecule has 0 spiro atoms. The van der Waals surface area contributed by atoms with Gasteiger partial charge in [-0.1, -0.05) is 35.9 Å². The third-order valence-electron chi connectivity index (χ3n) is 4.95. The van der Waals surface area contributed by atoms with Crippen LogP contribution in [0.3, 0.4) is 0 Å². The number of carbonyl (C=O) groups excluding carboxylic acids is 2. The van der Waals surface area contributed by atoms with Crippen molar-refractivity contribution in [2.24, 2.45) is 5.41 Å². The Labute approximate surface area is 151 Å². The minimum Gasteiger partial charge on any atom is -0.355 e. The van der Waals surface area contributed by atoms with Gasteiger partial charge < -0.3 is 10.6 Å². The minimum absolute atomic E-state index is 0.216. The Morgan fingerprint density at radius 1 is 1.08 bits per heavy atom. The number of benzene rings is 1. The maximum Gasteiger partial charge on any atom is 0.235 e. The Kier molecular flexibility index (Phi) is 6.80. The summed E-state index contributed by atoms with van der Waals surface area (Å²) in [5.74, 6) is -0.462. The highest BCUT2D eigenvalue weighted by atomic mass is 16.2. The van der Waals surface area contributed by atoms with E-state index in [-0.39, 0.29) is 11.8 Å². The molecular formula is C21H30N2O2. The van der Waals surface area contributed by atoms with E-state index in [2.05, 4.69) is 16.7 Å². The van der Waals surface area contributed by atoms with E-state index in [1.165, 1.54) is 18.4 Å². The smallest absolute Gasteiger partial charge is 0.235 e. The molecule has 136 valence electrons. The molecule has 1 aliphatic carbocycles. The molecule has 0 heterocycles. The number of hydrogen-bond donors (Lipinski definition) is 2. The summed E-state index contributed by atoms with van der Waals surface area (Å²) >= 11 is 0. The molecule has 4 nitrogen and oxygen atoms in total. The van der Waals surface area contributed by atoms with Gasteiger partial charge >= 0.3 is 0 Å². The summed E-state index contributed by atoms with van der Waals surface area (Å²) in [7, 11) is 0. The average Bonchev–Trinajstić information content (AvgIpc) is 2.61. The van der Waals surface area contributed by atoms with Gasteiger partial charge in [-0.2, -0.15) is 0 Å². The van der Waals surface area contributed by atoms with Gasteiger partial charge in [-0.25, -0.2) is 0 Å². The molecule has 1 aromatic carbocycles. The van der Waals surface area contributed by atoms with Crippen molar-refractivity contribution in [3.63, 3.8) is 0 Å². The molecule has 25 heavy (non-hydrogen) atoms. The van der Waals surface area contributed by atoms with Gasteiger partial charge in [0.2, 0.25) is 11.8 Å². The van der Waals surface area contributed by atoms with Gasteiger partial charge in [-0.3, -0.25) is 9.59 Å². The van der Waals surface area contributed by atoms with Crippen molar-refractivity contribution in [2.45, 2.75) is 59.4 Å². The lowest BCUT2D eigenvalue weighted by molar-refractivity contribution is -0.141. The lowest BCUT2D eigenvalue weighted by Crippen LogP contribution is -2.47. The number of allylic oxidation sites excluding steroid dienone is 1. The van der Waals surface area contributed by atoms with Crippen LogP contribution in [0.2, 0.25) is 0 Å².